The Bertz CT molecular complexity index is 866. The molecule has 7 atom stereocenters. The fourth-order valence-electron chi connectivity index (χ4n) is 6.58. The SMILES string of the molecule is CCOC(=O)C(C)(C)C(=O)/C=C/[C@@H](C)[C@H]1CC[C@H]2/C(=C/C=C3C[C@@H](O)C[C@@H](O)[C@@H]3C)CC[C@]12C. The summed E-state index contributed by atoms with van der Waals surface area (Å²) in [6, 6.07) is 0. The predicted octanol–water partition coefficient (Wildman–Crippen LogP) is 5.17. The summed E-state index contributed by atoms with van der Waals surface area (Å²) in [5.41, 5.74) is 1.66. The smallest absolute Gasteiger partial charge is 0.319 e. The molecule has 0 saturated heterocycles. The monoisotopic (exact) mass is 472 g/mol. The van der Waals surface area contributed by atoms with Gasteiger partial charge in [0.2, 0.25) is 0 Å². The van der Waals surface area contributed by atoms with Crippen molar-refractivity contribution in [1.29, 1.82) is 0 Å². The Balaban J connectivity index is 1.69. The van der Waals surface area contributed by atoms with Crippen LogP contribution in [-0.4, -0.2) is 40.8 Å². The minimum absolute atomic E-state index is 0.0888. The van der Waals surface area contributed by atoms with Gasteiger partial charge in [-0.1, -0.05) is 50.1 Å². The lowest BCUT2D eigenvalue weighted by Crippen LogP contribution is -2.34. The minimum atomic E-state index is -1.16. The predicted molar refractivity (Wildman–Crippen MR) is 134 cm³/mol. The van der Waals surface area contributed by atoms with E-state index in [0.717, 1.165) is 31.3 Å². The fourth-order valence-corrected chi connectivity index (χ4v) is 6.58. The lowest BCUT2D eigenvalue weighted by molar-refractivity contribution is -0.156. The van der Waals surface area contributed by atoms with E-state index < -0.39 is 23.6 Å². The van der Waals surface area contributed by atoms with Crippen LogP contribution in [-0.2, 0) is 14.3 Å². The summed E-state index contributed by atoms with van der Waals surface area (Å²) < 4.78 is 5.07. The van der Waals surface area contributed by atoms with Gasteiger partial charge in [0, 0.05) is 12.3 Å². The van der Waals surface area contributed by atoms with Crippen LogP contribution in [0.4, 0.5) is 0 Å². The number of hydrogen-bond donors (Lipinski definition) is 2. The zero-order valence-corrected chi connectivity index (χ0v) is 21.8. The molecule has 3 rings (SSSR count). The van der Waals surface area contributed by atoms with Gasteiger partial charge in [0.05, 0.1) is 18.8 Å². The van der Waals surface area contributed by atoms with E-state index in [1.54, 1.807) is 26.8 Å². The first kappa shape index (κ1) is 26.9. The van der Waals surface area contributed by atoms with Gasteiger partial charge < -0.3 is 14.9 Å². The highest BCUT2D eigenvalue weighted by molar-refractivity contribution is 6.08. The van der Waals surface area contributed by atoms with Crippen molar-refractivity contribution >= 4 is 11.8 Å². The van der Waals surface area contributed by atoms with Crippen LogP contribution < -0.4 is 0 Å². The van der Waals surface area contributed by atoms with Crippen molar-refractivity contribution in [2.75, 3.05) is 6.61 Å². The molecule has 0 heterocycles. The van der Waals surface area contributed by atoms with Crippen molar-refractivity contribution in [3.63, 3.8) is 0 Å². The first-order chi connectivity index (χ1) is 15.9. The van der Waals surface area contributed by atoms with Gasteiger partial charge >= 0.3 is 5.97 Å². The quantitative estimate of drug-likeness (QED) is 0.303. The van der Waals surface area contributed by atoms with Gasteiger partial charge in [-0.3, -0.25) is 9.59 Å². The summed E-state index contributed by atoms with van der Waals surface area (Å²) in [6.07, 6.45) is 12.7. The van der Waals surface area contributed by atoms with Crippen molar-refractivity contribution in [1.82, 2.24) is 0 Å². The van der Waals surface area contributed by atoms with E-state index in [1.165, 1.54) is 5.57 Å². The molecule has 0 unspecified atom stereocenters. The number of rotatable bonds is 7. The number of hydrogen-bond acceptors (Lipinski definition) is 5. The van der Waals surface area contributed by atoms with Crippen molar-refractivity contribution in [3.8, 4) is 0 Å². The number of ketones is 1. The van der Waals surface area contributed by atoms with Crippen LogP contribution in [0.2, 0.25) is 0 Å². The second-order valence-corrected chi connectivity index (χ2v) is 11.6. The van der Waals surface area contributed by atoms with Gasteiger partial charge in [-0.05, 0) is 82.1 Å². The third-order valence-corrected chi connectivity index (χ3v) is 9.06. The van der Waals surface area contributed by atoms with Gasteiger partial charge in [-0.2, -0.15) is 0 Å². The Morgan fingerprint density at radius 3 is 2.56 bits per heavy atom. The van der Waals surface area contributed by atoms with Crippen molar-refractivity contribution < 1.29 is 24.5 Å². The average molecular weight is 473 g/mol. The number of fused-ring (bicyclic) bond motifs is 1. The molecule has 3 fully saturated rings. The standard InChI is InChI=1S/C29H44O5/c1-7-34-27(33)28(4,5)26(32)13-8-18(2)23-11-12-24-20(14-15-29(23,24)6)9-10-21-16-22(30)17-25(31)19(21)3/h8-10,13,18-19,22-25,30-31H,7,11-12,14-17H2,1-6H3/b13-8+,20-9+,21-10?/t18-,19-,22-,23-,24+,25-,29-/m1/s1. The zero-order chi connectivity index (χ0) is 25.3. The largest absolute Gasteiger partial charge is 0.465 e. The van der Waals surface area contributed by atoms with Crippen LogP contribution in [0.15, 0.2) is 35.5 Å². The number of esters is 1. The van der Waals surface area contributed by atoms with Crippen LogP contribution in [0, 0.1) is 34.5 Å². The van der Waals surface area contributed by atoms with Crippen LogP contribution in [0.3, 0.4) is 0 Å². The lowest BCUT2D eigenvalue weighted by atomic mass is 9.70. The number of allylic oxidation sites excluding steroid dienone is 5. The molecule has 0 amide bonds. The summed E-state index contributed by atoms with van der Waals surface area (Å²) in [4.78, 5) is 24.9. The topological polar surface area (TPSA) is 83.8 Å². The maximum Gasteiger partial charge on any atom is 0.319 e. The summed E-state index contributed by atoms with van der Waals surface area (Å²) in [5, 5.41) is 20.3. The van der Waals surface area contributed by atoms with Gasteiger partial charge in [-0.15, -0.1) is 0 Å². The Morgan fingerprint density at radius 2 is 1.88 bits per heavy atom. The minimum Gasteiger partial charge on any atom is -0.465 e. The molecule has 0 bridgehead atoms. The van der Waals surface area contributed by atoms with Gasteiger partial charge in [0.15, 0.2) is 5.78 Å². The van der Waals surface area contributed by atoms with E-state index in [9.17, 15) is 19.8 Å². The van der Waals surface area contributed by atoms with Crippen LogP contribution in [0.5, 0.6) is 0 Å². The van der Waals surface area contributed by atoms with Crippen molar-refractivity contribution in [2.45, 2.75) is 92.3 Å². The molecule has 3 saturated carbocycles. The van der Waals surface area contributed by atoms with E-state index >= 15 is 0 Å². The Kier molecular flexibility index (Phi) is 8.29. The highest BCUT2D eigenvalue weighted by Gasteiger charge is 2.52. The number of carbonyl (C=O) groups excluding carboxylic acids is 2. The molecule has 190 valence electrons. The van der Waals surface area contributed by atoms with E-state index in [2.05, 4.69) is 26.0 Å². The van der Waals surface area contributed by atoms with Gasteiger partial charge in [-0.25, -0.2) is 0 Å². The number of aliphatic hydroxyl groups is 2. The Morgan fingerprint density at radius 1 is 1.21 bits per heavy atom. The molecule has 0 aromatic carbocycles. The maximum absolute atomic E-state index is 12.7. The maximum atomic E-state index is 12.7. The highest BCUT2D eigenvalue weighted by Crippen LogP contribution is 2.61. The molecule has 3 aliphatic rings. The van der Waals surface area contributed by atoms with Gasteiger partial charge in [0.1, 0.15) is 5.41 Å². The normalized spacial score (nSPS) is 37.4. The summed E-state index contributed by atoms with van der Waals surface area (Å²) >= 11 is 0. The molecule has 0 aliphatic heterocycles. The number of ether oxygens (including phenoxy) is 1. The van der Waals surface area contributed by atoms with E-state index in [1.807, 2.05) is 13.0 Å². The molecule has 5 heteroatoms. The molecule has 5 nitrogen and oxygen atoms in total. The molecule has 0 aromatic rings. The van der Waals surface area contributed by atoms with Crippen LogP contribution in [0.25, 0.3) is 0 Å². The van der Waals surface area contributed by atoms with Crippen molar-refractivity contribution in [3.05, 3.63) is 35.5 Å². The molecule has 3 aliphatic carbocycles. The molecular weight excluding hydrogens is 428 g/mol. The molecular formula is C29H44O5. The van der Waals surface area contributed by atoms with Gasteiger partial charge in [0.25, 0.3) is 0 Å². The molecule has 0 radical (unpaired) electrons. The number of carbonyl (C=O) groups is 2. The Labute approximate surface area is 205 Å². The van der Waals surface area contributed by atoms with Crippen LogP contribution in [0.1, 0.15) is 80.1 Å². The van der Waals surface area contributed by atoms with E-state index in [0.29, 0.717) is 24.7 Å². The first-order valence-corrected chi connectivity index (χ1v) is 13.1. The third kappa shape index (κ3) is 5.26. The van der Waals surface area contributed by atoms with E-state index in [4.69, 9.17) is 4.74 Å². The summed E-state index contributed by atoms with van der Waals surface area (Å²) in [5.74, 6) is 0.678. The molecule has 0 aromatic heterocycles. The fraction of sp³-hybridized carbons (Fsp3) is 0.724. The highest BCUT2D eigenvalue weighted by atomic mass is 16.5. The Hall–Kier alpha value is -1.72. The van der Waals surface area contributed by atoms with Crippen molar-refractivity contribution in [2.24, 2.45) is 34.5 Å². The molecule has 2 N–H and O–H groups in total. The lowest BCUT2D eigenvalue weighted by Gasteiger charge is -2.34. The van der Waals surface area contributed by atoms with E-state index in [-0.39, 0.29) is 29.6 Å². The third-order valence-electron chi connectivity index (χ3n) is 9.06. The first-order valence-electron chi connectivity index (χ1n) is 13.1. The second-order valence-electron chi connectivity index (χ2n) is 11.6. The average Bonchev–Trinajstić information content (AvgIpc) is 3.27. The summed E-state index contributed by atoms with van der Waals surface area (Å²) in [6.45, 7) is 11.9. The molecule has 0 spiro atoms. The second kappa shape index (κ2) is 10.5. The molecule has 34 heavy (non-hydrogen) atoms. The zero-order valence-electron chi connectivity index (χ0n) is 21.8. The summed E-state index contributed by atoms with van der Waals surface area (Å²) in [7, 11) is 0. The number of aliphatic hydroxyl groups excluding tert-OH is 2. The van der Waals surface area contributed by atoms with Crippen LogP contribution >= 0.6 is 0 Å².